The molecule has 0 N–H and O–H groups in total. The minimum Gasteiger partial charge on any atom is -0.444 e. The van der Waals surface area contributed by atoms with Crippen molar-refractivity contribution >= 4 is 27.8 Å². The summed E-state index contributed by atoms with van der Waals surface area (Å²) in [7, 11) is -3.55. The molecule has 0 spiro atoms. The van der Waals surface area contributed by atoms with Crippen molar-refractivity contribution in [3.8, 4) is 0 Å². The highest BCUT2D eigenvalue weighted by Gasteiger charge is 2.38. The molecular formula is C23H39NO7S. The topological polar surface area (TPSA) is 107 Å². The molecular weight excluding hydrogens is 434 g/mol. The molecule has 184 valence electrons. The molecule has 1 fully saturated rings. The molecule has 8 nitrogen and oxygen atoms in total. The standard InChI is InChI=1S/C23H39NO7S/c1-7-10-18-15-17(2)16-20(26)21(18)19(25)11-8-12-24(22(27)31-23(3,4)5)13-9-14-30-32(6,28)29/h7,17-18,21H,1,8-16H2,2-6H3/t17-,18-,21-/m1/s1. The maximum Gasteiger partial charge on any atom is 0.410 e. The van der Waals surface area contributed by atoms with Crippen LogP contribution in [0.25, 0.3) is 0 Å². The first kappa shape index (κ1) is 28.3. The Hall–Kier alpha value is -1.74. The van der Waals surface area contributed by atoms with Gasteiger partial charge in [0.15, 0.2) is 0 Å². The largest absolute Gasteiger partial charge is 0.444 e. The van der Waals surface area contributed by atoms with Gasteiger partial charge < -0.3 is 9.64 Å². The molecule has 3 atom stereocenters. The van der Waals surface area contributed by atoms with Crippen LogP contribution in [0.4, 0.5) is 4.79 Å². The van der Waals surface area contributed by atoms with E-state index in [0.717, 1.165) is 12.7 Å². The number of allylic oxidation sites excluding steroid dienone is 1. The van der Waals surface area contributed by atoms with Gasteiger partial charge in [-0.1, -0.05) is 13.0 Å². The number of nitrogens with zero attached hydrogens (tertiary/aromatic N) is 1. The molecule has 0 aromatic carbocycles. The van der Waals surface area contributed by atoms with Crippen LogP contribution in [-0.2, 0) is 28.6 Å². The van der Waals surface area contributed by atoms with Gasteiger partial charge >= 0.3 is 6.09 Å². The van der Waals surface area contributed by atoms with E-state index in [1.807, 2.05) is 6.92 Å². The van der Waals surface area contributed by atoms with Crippen LogP contribution in [0.15, 0.2) is 12.7 Å². The molecule has 1 rings (SSSR count). The molecule has 32 heavy (non-hydrogen) atoms. The minimum atomic E-state index is -3.55. The Morgan fingerprint density at radius 2 is 1.84 bits per heavy atom. The number of hydrogen-bond donors (Lipinski definition) is 0. The number of ether oxygens (including phenoxy) is 1. The number of Topliss-reactive ketones (excluding diaryl/α,β-unsaturated/α-hetero) is 2. The van der Waals surface area contributed by atoms with Crippen LogP contribution in [0.5, 0.6) is 0 Å². The monoisotopic (exact) mass is 473 g/mol. The van der Waals surface area contributed by atoms with E-state index in [1.54, 1.807) is 26.8 Å². The van der Waals surface area contributed by atoms with Crippen molar-refractivity contribution in [3.05, 3.63) is 12.7 Å². The predicted octanol–water partition coefficient (Wildman–Crippen LogP) is 3.75. The minimum absolute atomic E-state index is 0.00234. The Kier molecular flexibility index (Phi) is 11.0. The first-order chi connectivity index (χ1) is 14.7. The molecule has 0 aromatic rings. The second kappa shape index (κ2) is 12.5. The number of carbonyl (C=O) groups is 3. The van der Waals surface area contributed by atoms with Gasteiger partial charge in [0, 0.05) is 25.9 Å². The zero-order chi connectivity index (χ0) is 24.5. The second-order valence-corrected chi connectivity index (χ2v) is 11.3. The van der Waals surface area contributed by atoms with E-state index in [9.17, 15) is 22.8 Å². The highest BCUT2D eigenvalue weighted by molar-refractivity contribution is 7.85. The highest BCUT2D eigenvalue weighted by Crippen LogP contribution is 2.35. The fourth-order valence-corrected chi connectivity index (χ4v) is 4.47. The first-order valence-electron chi connectivity index (χ1n) is 11.2. The molecule has 9 heteroatoms. The fraction of sp³-hybridized carbons (Fsp3) is 0.783. The molecule has 0 heterocycles. The van der Waals surface area contributed by atoms with Crippen molar-refractivity contribution in [3.63, 3.8) is 0 Å². The van der Waals surface area contributed by atoms with Gasteiger partial charge in [-0.3, -0.25) is 13.8 Å². The summed E-state index contributed by atoms with van der Waals surface area (Å²) in [6, 6.07) is 0. The summed E-state index contributed by atoms with van der Waals surface area (Å²) in [5.41, 5.74) is -0.683. The molecule has 1 amide bonds. The average Bonchev–Trinajstić information content (AvgIpc) is 2.60. The third-order valence-corrected chi connectivity index (χ3v) is 5.86. The number of amides is 1. The Morgan fingerprint density at radius 1 is 1.22 bits per heavy atom. The predicted molar refractivity (Wildman–Crippen MR) is 123 cm³/mol. The Morgan fingerprint density at radius 3 is 2.41 bits per heavy atom. The molecule has 1 aliphatic rings. The lowest BCUT2D eigenvalue weighted by Gasteiger charge is -2.32. The molecule has 0 saturated heterocycles. The van der Waals surface area contributed by atoms with Gasteiger partial charge in [-0.25, -0.2) is 4.79 Å². The number of rotatable bonds is 12. The third kappa shape index (κ3) is 10.7. The lowest BCUT2D eigenvalue weighted by atomic mass is 9.70. The number of hydrogen-bond acceptors (Lipinski definition) is 7. The Labute approximate surface area is 192 Å². The van der Waals surface area contributed by atoms with Crippen molar-refractivity contribution in [2.24, 2.45) is 17.8 Å². The number of ketones is 2. The van der Waals surface area contributed by atoms with Crippen LogP contribution in [0.1, 0.15) is 66.2 Å². The van der Waals surface area contributed by atoms with Crippen LogP contribution in [-0.4, -0.2) is 62.5 Å². The summed E-state index contributed by atoms with van der Waals surface area (Å²) < 4.78 is 32.4. The van der Waals surface area contributed by atoms with Crippen LogP contribution >= 0.6 is 0 Å². The average molecular weight is 474 g/mol. The van der Waals surface area contributed by atoms with E-state index in [-0.39, 0.29) is 49.5 Å². The number of carbonyl (C=O) groups excluding carboxylic acids is 3. The summed E-state index contributed by atoms with van der Waals surface area (Å²) in [5.74, 6) is -0.414. The summed E-state index contributed by atoms with van der Waals surface area (Å²) >= 11 is 0. The van der Waals surface area contributed by atoms with E-state index in [0.29, 0.717) is 25.7 Å². The van der Waals surface area contributed by atoms with E-state index in [2.05, 4.69) is 6.58 Å². The molecule has 0 aliphatic heterocycles. The highest BCUT2D eigenvalue weighted by atomic mass is 32.2. The summed E-state index contributed by atoms with van der Waals surface area (Å²) in [5, 5.41) is 0. The van der Waals surface area contributed by atoms with Crippen molar-refractivity contribution < 1.29 is 31.7 Å². The van der Waals surface area contributed by atoms with Gasteiger partial charge in [0.2, 0.25) is 0 Å². The Balaban J connectivity index is 2.70. The van der Waals surface area contributed by atoms with Crippen molar-refractivity contribution in [1.29, 1.82) is 0 Å². The van der Waals surface area contributed by atoms with Crippen molar-refractivity contribution in [2.45, 2.75) is 71.8 Å². The molecule has 0 aromatic heterocycles. The van der Waals surface area contributed by atoms with Gasteiger partial charge in [0.1, 0.15) is 17.2 Å². The van der Waals surface area contributed by atoms with Crippen LogP contribution in [0, 0.1) is 17.8 Å². The summed E-state index contributed by atoms with van der Waals surface area (Å²) in [4.78, 5) is 39.4. The zero-order valence-corrected chi connectivity index (χ0v) is 20.9. The molecule has 1 aliphatic carbocycles. The maximum absolute atomic E-state index is 12.9. The van der Waals surface area contributed by atoms with Crippen molar-refractivity contribution in [1.82, 2.24) is 4.90 Å². The smallest absolute Gasteiger partial charge is 0.410 e. The lowest BCUT2D eigenvalue weighted by molar-refractivity contribution is -0.138. The SMILES string of the molecule is C=CC[C@@H]1C[C@@H](C)CC(=O)[C@H]1C(=O)CCCN(CCCOS(C)(=O)=O)C(=O)OC(C)(C)C. The van der Waals surface area contributed by atoms with Crippen LogP contribution < -0.4 is 0 Å². The van der Waals surface area contributed by atoms with Gasteiger partial charge in [-0.2, -0.15) is 8.42 Å². The fourth-order valence-electron chi connectivity index (χ4n) is 4.04. The first-order valence-corrected chi connectivity index (χ1v) is 13.0. The quantitative estimate of drug-likeness (QED) is 0.184. The zero-order valence-electron chi connectivity index (χ0n) is 20.1. The molecule has 0 unspecified atom stereocenters. The molecule has 0 bridgehead atoms. The van der Waals surface area contributed by atoms with Crippen LogP contribution in [0.3, 0.4) is 0 Å². The van der Waals surface area contributed by atoms with E-state index < -0.39 is 27.7 Å². The normalized spacial score (nSPS) is 21.8. The lowest BCUT2D eigenvalue weighted by Crippen LogP contribution is -2.40. The van der Waals surface area contributed by atoms with Gasteiger partial charge in [-0.15, -0.1) is 6.58 Å². The maximum atomic E-state index is 12.9. The molecule has 1 saturated carbocycles. The summed E-state index contributed by atoms with van der Waals surface area (Å²) in [6.07, 6.45) is 4.99. The molecule has 0 radical (unpaired) electrons. The van der Waals surface area contributed by atoms with Gasteiger partial charge in [-0.05, 0) is 58.3 Å². The van der Waals surface area contributed by atoms with Gasteiger partial charge in [0.05, 0.1) is 18.8 Å². The van der Waals surface area contributed by atoms with E-state index in [4.69, 9.17) is 8.92 Å². The van der Waals surface area contributed by atoms with E-state index >= 15 is 0 Å². The third-order valence-electron chi connectivity index (χ3n) is 5.26. The van der Waals surface area contributed by atoms with Crippen molar-refractivity contribution in [2.75, 3.05) is 26.0 Å². The second-order valence-electron chi connectivity index (χ2n) is 9.69. The van der Waals surface area contributed by atoms with Gasteiger partial charge in [0.25, 0.3) is 10.1 Å². The van der Waals surface area contributed by atoms with E-state index in [1.165, 1.54) is 4.90 Å². The Bertz CT molecular complexity index is 770. The van der Waals surface area contributed by atoms with Crippen LogP contribution in [0.2, 0.25) is 0 Å². The summed E-state index contributed by atoms with van der Waals surface area (Å²) in [6.45, 7) is 11.5.